The number of carbonyl (C=O) groups is 1. The van der Waals surface area contributed by atoms with Crippen molar-refractivity contribution in [3.63, 3.8) is 0 Å². The summed E-state index contributed by atoms with van der Waals surface area (Å²) < 4.78 is 27.9. The first kappa shape index (κ1) is 15.6. The minimum absolute atomic E-state index is 0.0697. The molecule has 0 aromatic heterocycles. The van der Waals surface area contributed by atoms with Gasteiger partial charge >= 0.3 is 16.1 Å². The number of benzene rings is 2. The molecule has 0 bridgehead atoms. The SMILES string of the molecule is O=C(OOS(=O)(=O)c1ccccc1[N+](=O)[O-])c1ccccc1. The Balaban J connectivity index is 2.19. The number of nitro groups is 1. The van der Waals surface area contributed by atoms with Crippen molar-refractivity contribution in [2.24, 2.45) is 0 Å². The van der Waals surface area contributed by atoms with E-state index in [1.165, 1.54) is 24.3 Å². The summed E-state index contributed by atoms with van der Waals surface area (Å²) in [5, 5.41) is 10.8. The van der Waals surface area contributed by atoms with Crippen molar-refractivity contribution in [2.75, 3.05) is 0 Å². The van der Waals surface area contributed by atoms with Crippen molar-refractivity contribution in [3.8, 4) is 0 Å². The molecule has 9 heteroatoms. The highest BCUT2D eigenvalue weighted by molar-refractivity contribution is 7.86. The van der Waals surface area contributed by atoms with Crippen molar-refractivity contribution in [1.82, 2.24) is 0 Å². The van der Waals surface area contributed by atoms with Crippen LogP contribution in [-0.2, 0) is 19.3 Å². The van der Waals surface area contributed by atoms with Gasteiger partial charge in [-0.1, -0.05) is 30.3 Å². The Hall–Kier alpha value is -2.78. The molecule has 2 aromatic rings. The van der Waals surface area contributed by atoms with Gasteiger partial charge in [-0.05, 0) is 22.5 Å². The van der Waals surface area contributed by atoms with Crippen molar-refractivity contribution in [2.45, 2.75) is 4.90 Å². The number of para-hydroxylation sites is 1. The molecular formula is C13H9NO7S. The van der Waals surface area contributed by atoms with E-state index in [-0.39, 0.29) is 5.56 Å². The lowest BCUT2D eigenvalue weighted by Crippen LogP contribution is -2.13. The average Bonchev–Trinajstić information content (AvgIpc) is 2.53. The van der Waals surface area contributed by atoms with E-state index >= 15 is 0 Å². The molecule has 0 aliphatic rings. The molecule has 0 unspecified atom stereocenters. The van der Waals surface area contributed by atoms with Crippen LogP contribution in [0, 0.1) is 10.1 Å². The predicted octanol–water partition coefficient (Wildman–Crippen LogP) is 2.07. The second kappa shape index (κ2) is 6.33. The van der Waals surface area contributed by atoms with E-state index in [4.69, 9.17) is 0 Å². The molecule has 0 heterocycles. The largest absolute Gasteiger partial charge is 0.374 e. The lowest BCUT2D eigenvalue weighted by Gasteiger charge is -2.05. The first-order valence-corrected chi connectivity index (χ1v) is 7.26. The minimum atomic E-state index is -4.62. The monoisotopic (exact) mass is 323 g/mol. The topological polar surface area (TPSA) is 113 Å². The molecule has 22 heavy (non-hydrogen) atoms. The van der Waals surface area contributed by atoms with Crippen LogP contribution in [0.15, 0.2) is 59.5 Å². The van der Waals surface area contributed by atoms with Gasteiger partial charge in [-0.2, -0.15) is 8.42 Å². The Bertz CT molecular complexity index is 802. The van der Waals surface area contributed by atoms with Crippen LogP contribution >= 0.6 is 0 Å². The van der Waals surface area contributed by atoms with Gasteiger partial charge in [0.05, 0.1) is 10.5 Å². The molecular weight excluding hydrogens is 314 g/mol. The zero-order valence-corrected chi connectivity index (χ0v) is 11.7. The quantitative estimate of drug-likeness (QED) is 0.470. The van der Waals surface area contributed by atoms with Crippen LogP contribution in [0.4, 0.5) is 5.69 Å². The normalized spacial score (nSPS) is 10.9. The number of hydrogen-bond donors (Lipinski definition) is 0. The second-order valence-corrected chi connectivity index (χ2v) is 5.47. The Morgan fingerprint density at radius 2 is 1.59 bits per heavy atom. The maximum atomic E-state index is 11.9. The molecule has 0 saturated carbocycles. The highest BCUT2D eigenvalue weighted by atomic mass is 32.2. The minimum Gasteiger partial charge on any atom is -0.276 e. The fourth-order valence-corrected chi connectivity index (χ4v) is 2.42. The first-order valence-electron chi connectivity index (χ1n) is 5.86. The maximum absolute atomic E-state index is 11.9. The second-order valence-electron chi connectivity index (χ2n) is 3.98. The lowest BCUT2D eigenvalue weighted by molar-refractivity contribution is -0.388. The van der Waals surface area contributed by atoms with Crippen LogP contribution in [0.3, 0.4) is 0 Å². The molecule has 2 rings (SSSR count). The highest BCUT2D eigenvalue weighted by Crippen LogP contribution is 2.24. The molecule has 0 fully saturated rings. The summed E-state index contributed by atoms with van der Waals surface area (Å²) >= 11 is 0. The standard InChI is InChI=1S/C13H9NO7S/c15-13(10-6-2-1-3-7-10)20-21-22(18,19)12-9-5-4-8-11(12)14(16)17/h1-9H. The van der Waals surface area contributed by atoms with Gasteiger partial charge in [-0.3, -0.25) is 15.0 Å². The van der Waals surface area contributed by atoms with Gasteiger partial charge in [0, 0.05) is 6.07 Å². The summed E-state index contributed by atoms with van der Waals surface area (Å²) in [6, 6.07) is 12.1. The molecule has 0 N–H and O–H groups in total. The molecule has 0 amide bonds. The van der Waals surface area contributed by atoms with Crippen LogP contribution < -0.4 is 0 Å². The molecule has 0 spiro atoms. The smallest absolute Gasteiger partial charge is 0.276 e. The van der Waals surface area contributed by atoms with Crippen LogP contribution in [0.5, 0.6) is 0 Å². The van der Waals surface area contributed by atoms with Gasteiger partial charge in [0.1, 0.15) is 0 Å². The van der Waals surface area contributed by atoms with Crippen LogP contribution in [-0.4, -0.2) is 19.3 Å². The third-order valence-electron chi connectivity index (χ3n) is 2.54. The Morgan fingerprint density at radius 3 is 2.23 bits per heavy atom. The van der Waals surface area contributed by atoms with Crippen molar-refractivity contribution < 1.29 is 27.4 Å². The third-order valence-corrected chi connectivity index (χ3v) is 3.67. The molecule has 0 aliphatic carbocycles. The Labute approximate surface area is 125 Å². The van der Waals surface area contributed by atoms with Gasteiger partial charge in [0.15, 0.2) is 4.90 Å². The van der Waals surface area contributed by atoms with Crippen LogP contribution in [0.1, 0.15) is 10.4 Å². The van der Waals surface area contributed by atoms with Crippen molar-refractivity contribution >= 4 is 21.8 Å². The van der Waals surface area contributed by atoms with E-state index in [9.17, 15) is 23.3 Å². The summed E-state index contributed by atoms with van der Waals surface area (Å²) in [7, 11) is -4.62. The lowest BCUT2D eigenvalue weighted by atomic mass is 10.2. The van der Waals surface area contributed by atoms with Crippen LogP contribution in [0.2, 0.25) is 0 Å². The van der Waals surface area contributed by atoms with E-state index in [1.807, 2.05) is 0 Å². The molecule has 8 nitrogen and oxygen atoms in total. The molecule has 0 saturated heterocycles. The average molecular weight is 323 g/mol. The molecule has 2 aromatic carbocycles. The van der Waals surface area contributed by atoms with Crippen LogP contribution in [0.25, 0.3) is 0 Å². The van der Waals surface area contributed by atoms with Gasteiger partial charge in [-0.15, -0.1) is 0 Å². The Kier molecular flexibility index (Phi) is 4.49. The molecule has 0 atom stereocenters. The highest BCUT2D eigenvalue weighted by Gasteiger charge is 2.28. The fourth-order valence-electron chi connectivity index (χ4n) is 1.55. The number of carbonyl (C=O) groups excluding carboxylic acids is 1. The summed E-state index contributed by atoms with van der Waals surface area (Å²) in [6.45, 7) is 0. The van der Waals surface area contributed by atoms with Crippen molar-refractivity contribution in [1.29, 1.82) is 0 Å². The van der Waals surface area contributed by atoms with Gasteiger partial charge < -0.3 is 0 Å². The zero-order valence-electron chi connectivity index (χ0n) is 10.9. The van der Waals surface area contributed by atoms with E-state index in [2.05, 4.69) is 9.22 Å². The van der Waals surface area contributed by atoms with Gasteiger partial charge in [-0.25, -0.2) is 4.79 Å². The molecule has 0 radical (unpaired) electrons. The number of rotatable bonds is 5. The van der Waals surface area contributed by atoms with E-state index in [1.54, 1.807) is 18.2 Å². The number of hydrogen-bond acceptors (Lipinski definition) is 7. The molecule has 114 valence electrons. The summed E-state index contributed by atoms with van der Waals surface area (Å²) in [6.07, 6.45) is 0. The van der Waals surface area contributed by atoms with E-state index in [0.717, 1.165) is 12.1 Å². The third kappa shape index (κ3) is 3.45. The summed E-state index contributed by atoms with van der Waals surface area (Å²) in [5.41, 5.74) is -0.612. The summed E-state index contributed by atoms with van der Waals surface area (Å²) in [5.74, 6) is -1.04. The van der Waals surface area contributed by atoms with Gasteiger partial charge in [0.2, 0.25) is 0 Å². The predicted molar refractivity (Wildman–Crippen MR) is 73.2 cm³/mol. The first-order chi connectivity index (χ1) is 10.4. The van der Waals surface area contributed by atoms with E-state index in [0.29, 0.717) is 0 Å². The molecule has 0 aliphatic heterocycles. The number of nitro benzene ring substituents is 1. The van der Waals surface area contributed by atoms with E-state index < -0.39 is 31.6 Å². The number of nitrogens with zero attached hydrogens (tertiary/aromatic N) is 1. The summed E-state index contributed by atoms with van der Waals surface area (Å²) in [4.78, 5) is 25.0. The Morgan fingerprint density at radius 1 is 1.00 bits per heavy atom. The van der Waals surface area contributed by atoms with Gasteiger partial charge in [0.25, 0.3) is 5.69 Å². The van der Waals surface area contributed by atoms with Crippen molar-refractivity contribution in [3.05, 3.63) is 70.3 Å². The fraction of sp³-hybridized carbons (Fsp3) is 0. The zero-order chi connectivity index (χ0) is 16.2. The maximum Gasteiger partial charge on any atom is 0.374 e.